The molecule has 4 rings (SSSR count). The maximum Gasteiger partial charge on any atom is 0.307 e. The lowest BCUT2D eigenvalue weighted by molar-refractivity contribution is -0.140. The maximum atomic E-state index is 11.8. The van der Waals surface area contributed by atoms with Gasteiger partial charge in [-0.1, -0.05) is 47.4 Å². The Kier molecular flexibility index (Phi) is 10.4. The van der Waals surface area contributed by atoms with Crippen molar-refractivity contribution < 1.29 is 23.6 Å². The van der Waals surface area contributed by atoms with E-state index in [0.29, 0.717) is 19.0 Å². The molecule has 204 valence electrons. The number of carbonyl (C=O) groups is 1. The van der Waals surface area contributed by atoms with Crippen molar-refractivity contribution >= 4 is 17.1 Å². The normalized spacial score (nSPS) is 13.5. The van der Waals surface area contributed by atoms with Crippen molar-refractivity contribution in [1.29, 1.82) is 0 Å². The lowest BCUT2D eigenvalue weighted by Crippen LogP contribution is -2.08. The smallest absolute Gasteiger partial charge is 0.307 e. The second kappa shape index (κ2) is 14.1. The van der Waals surface area contributed by atoms with Crippen LogP contribution in [0.3, 0.4) is 0 Å². The van der Waals surface area contributed by atoms with Gasteiger partial charge in [0.25, 0.3) is 0 Å². The van der Waals surface area contributed by atoms with Crippen molar-refractivity contribution in [2.75, 3.05) is 25.7 Å². The van der Waals surface area contributed by atoms with E-state index in [1.807, 2.05) is 30.3 Å². The molecule has 0 aliphatic heterocycles. The molecule has 0 N–H and O–H groups in total. The van der Waals surface area contributed by atoms with Crippen LogP contribution >= 0.6 is 0 Å². The second-order valence-corrected chi connectivity index (χ2v) is 11.3. The molecule has 1 unspecified atom stereocenters. The minimum atomic E-state index is -0.786. The van der Waals surface area contributed by atoms with Crippen LogP contribution in [0.25, 0.3) is 11.1 Å². The van der Waals surface area contributed by atoms with Gasteiger partial charge in [0.05, 0.1) is 32.3 Å². The van der Waals surface area contributed by atoms with Gasteiger partial charge in [0.15, 0.2) is 0 Å². The van der Waals surface area contributed by atoms with Gasteiger partial charge in [0, 0.05) is 6.42 Å². The van der Waals surface area contributed by atoms with E-state index < -0.39 is 11.2 Å². The summed E-state index contributed by atoms with van der Waals surface area (Å²) in [6.07, 6.45) is 5.89. The van der Waals surface area contributed by atoms with E-state index in [9.17, 15) is 9.35 Å². The molecule has 0 saturated carbocycles. The van der Waals surface area contributed by atoms with Crippen LogP contribution in [0.1, 0.15) is 54.4 Å². The van der Waals surface area contributed by atoms with Crippen molar-refractivity contribution in [3.8, 4) is 34.5 Å². The minimum absolute atomic E-state index is 0.200. The van der Waals surface area contributed by atoms with Crippen molar-refractivity contribution in [2.45, 2.75) is 51.6 Å². The molecule has 1 aliphatic rings. The predicted octanol–water partition coefficient (Wildman–Crippen LogP) is 6.24. The molecule has 0 spiro atoms. The van der Waals surface area contributed by atoms with Crippen molar-refractivity contribution in [2.24, 2.45) is 0 Å². The molecule has 3 aromatic carbocycles. The molecule has 3 aromatic rings. The number of esters is 1. The van der Waals surface area contributed by atoms with E-state index in [-0.39, 0.29) is 18.3 Å². The quantitative estimate of drug-likeness (QED) is 0.124. The molecular formula is C33H36O5S. The third-order valence-corrected chi connectivity index (χ3v) is 7.75. The summed E-state index contributed by atoms with van der Waals surface area (Å²) in [4.78, 5) is 11.8. The molecule has 0 radical (unpaired) electrons. The Morgan fingerprint density at radius 3 is 2.49 bits per heavy atom. The largest absolute Gasteiger partial charge is 0.617 e. The number of hydrogen-bond acceptors (Lipinski definition) is 5. The fraction of sp³-hybridized carbons (Fsp3) is 0.364. The number of fused-ring (bicyclic) bond motifs is 3. The highest BCUT2D eigenvalue weighted by Crippen LogP contribution is 2.35. The van der Waals surface area contributed by atoms with Crippen LogP contribution in [-0.4, -0.2) is 36.2 Å². The number of aryl methyl sites for hydroxylation is 2. The summed E-state index contributed by atoms with van der Waals surface area (Å²) < 4.78 is 28.2. The van der Waals surface area contributed by atoms with Crippen LogP contribution in [-0.2, 0) is 40.2 Å². The summed E-state index contributed by atoms with van der Waals surface area (Å²) in [5.41, 5.74) is 7.25. The van der Waals surface area contributed by atoms with Gasteiger partial charge in [-0.15, -0.1) is 5.92 Å². The molecule has 0 bridgehead atoms. The van der Waals surface area contributed by atoms with Crippen LogP contribution in [0.15, 0.2) is 60.7 Å². The predicted molar refractivity (Wildman–Crippen MR) is 157 cm³/mol. The van der Waals surface area contributed by atoms with Gasteiger partial charge >= 0.3 is 5.97 Å². The van der Waals surface area contributed by atoms with Crippen molar-refractivity contribution in [3.05, 3.63) is 82.9 Å². The van der Waals surface area contributed by atoms with Gasteiger partial charge in [-0.3, -0.25) is 4.79 Å². The first-order valence-electron chi connectivity index (χ1n) is 13.4. The van der Waals surface area contributed by atoms with Crippen molar-refractivity contribution in [3.63, 3.8) is 0 Å². The summed E-state index contributed by atoms with van der Waals surface area (Å²) in [7, 11) is 1.39. The number of rotatable bonds is 11. The molecular weight excluding hydrogens is 508 g/mol. The average molecular weight is 545 g/mol. The van der Waals surface area contributed by atoms with E-state index in [0.717, 1.165) is 48.3 Å². The molecule has 0 amide bonds. The van der Waals surface area contributed by atoms with Gasteiger partial charge in [-0.25, -0.2) is 0 Å². The number of benzene rings is 3. The average Bonchev–Trinajstić information content (AvgIpc) is 3.12. The summed E-state index contributed by atoms with van der Waals surface area (Å²) in [5, 5.41) is 0. The Bertz CT molecular complexity index is 1320. The zero-order valence-electron chi connectivity index (χ0n) is 23.0. The standard InChI is InChI=1S/C33H36O5S/c1-4-7-27(22-33(34)36-2)25-12-14-29(15-13-25)38-23-24-10-11-26-8-5-9-28-21-30(37-18-6-19-39(3)35)16-17-31(28)32(26)20-24/h10-17,20-21,27H,5-6,8-9,18-19,22-23H2,1-3H3/t27-,39?/m0/s1. The number of ether oxygens (including phenoxy) is 3. The number of hydrogen-bond donors (Lipinski definition) is 0. The number of methoxy groups -OCH3 is 1. The third-order valence-electron chi connectivity index (χ3n) is 6.88. The number of carbonyl (C=O) groups excluding carboxylic acids is 1. The van der Waals surface area contributed by atoms with Crippen LogP contribution in [0, 0.1) is 11.8 Å². The van der Waals surface area contributed by atoms with Crippen molar-refractivity contribution in [1.82, 2.24) is 0 Å². The summed E-state index contributed by atoms with van der Waals surface area (Å²) in [6, 6.07) is 20.8. The summed E-state index contributed by atoms with van der Waals surface area (Å²) >= 11 is -0.786. The highest BCUT2D eigenvalue weighted by molar-refractivity contribution is 7.90. The molecule has 0 aromatic heterocycles. The molecule has 0 saturated heterocycles. The first-order chi connectivity index (χ1) is 19.0. The lowest BCUT2D eigenvalue weighted by Gasteiger charge is -2.15. The Morgan fingerprint density at radius 1 is 0.974 bits per heavy atom. The van der Waals surface area contributed by atoms with E-state index in [4.69, 9.17) is 14.2 Å². The van der Waals surface area contributed by atoms with Gasteiger partial charge in [0.2, 0.25) is 0 Å². The Labute approximate surface area is 235 Å². The SMILES string of the molecule is CC#C[C@@H](CC(=O)OC)c1ccc(OCc2ccc3c(c2)-c2ccc(OCCC[S+](C)[O-])cc2CCC3)cc1. The van der Waals surface area contributed by atoms with Crippen LogP contribution in [0.2, 0.25) is 0 Å². The highest BCUT2D eigenvalue weighted by Gasteiger charge is 2.17. The Morgan fingerprint density at radius 2 is 1.74 bits per heavy atom. The van der Waals surface area contributed by atoms with Gasteiger partial charge in [-0.2, -0.15) is 0 Å². The topological polar surface area (TPSA) is 67.8 Å². The first kappa shape index (κ1) is 28.6. The van der Waals surface area contributed by atoms with Gasteiger partial charge < -0.3 is 18.8 Å². The fourth-order valence-corrected chi connectivity index (χ4v) is 5.40. The maximum absolute atomic E-state index is 11.8. The zero-order chi connectivity index (χ0) is 27.6. The molecule has 1 aliphatic carbocycles. The molecule has 0 heterocycles. The summed E-state index contributed by atoms with van der Waals surface area (Å²) in [6.45, 7) is 2.81. The first-order valence-corrected chi connectivity index (χ1v) is 15.1. The molecule has 6 heteroatoms. The van der Waals surface area contributed by atoms with Crippen LogP contribution < -0.4 is 9.47 Å². The van der Waals surface area contributed by atoms with E-state index in [1.165, 1.54) is 29.4 Å². The zero-order valence-corrected chi connectivity index (χ0v) is 23.8. The fourth-order valence-electron chi connectivity index (χ4n) is 4.87. The van der Waals surface area contributed by atoms with Crippen LogP contribution in [0.4, 0.5) is 0 Å². The molecule has 39 heavy (non-hydrogen) atoms. The molecule has 0 fully saturated rings. The van der Waals surface area contributed by atoms with Gasteiger partial charge in [0.1, 0.15) is 23.9 Å². The minimum Gasteiger partial charge on any atom is -0.617 e. The monoisotopic (exact) mass is 544 g/mol. The molecule has 5 nitrogen and oxygen atoms in total. The van der Waals surface area contributed by atoms with Gasteiger partial charge in [-0.05, 0) is 89.9 Å². The van der Waals surface area contributed by atoms with E-state index >= 15 is 0 Å². The Hall–Kier alpha value is -3.40. The third kappa shape index (κ3) is 8.05. The summed E-state index contributed by atoms with van der Waals surface area (Å²) in [5.74, 6) is 7.83. The lowest BCUT2D eigenvalue weighted by atomic mass is 9.95. The van der Waals surface area contributed by atoms with E-state index in [2.05, 4.69) is 42.2 Å². The van der Waals surface area contributed by atoms with E-state index in [1.54, 1.807) is 13.2 Å². The second-order valence-electron chi connectivity index (χ2n) is 9.73. The van der Waals surface area contributed by atoms with Crippen LogP contribution in [0.5, 0.6) is 11.5 Å². The Balaban J connectivity index is 1.43. The molecule has 2 atom stereocenters. The highest BCUT2D eigenvalue weighted by atomic mass is 32.2.